The minimum atomic E-state index is -0.274. The van der Waals surface area contributed by atoms with E-state index in [4.69, 9.17) is 0 Å². The first-order valence-corrected chi connectivity index (χ1v) is 8.88. The molecule has 0 aromatic heterocycles. The number of carbonyl (C=O) groups excluding carboxylic acids is 2. The molecule has 0 saturated carbocycles. The largest absolute Gasteiger partial charge is 0.276 e. The molecular weight excluding hydrogens is 321 g/mol. The minimum absolute atomic E-state index is 0. The Labute approximate surface area is 149 Å². The van der Waals surface area contributed by atoms with Gasteiger partial charge in [0.05, 0.1) is 6.16 Å². The van der Waals surface area contributed by atoms with Gasteiger partial charge in [0.1, 0.15) is 0 Å². The van der Waals surface area contributed by atoms with Gasteiger partial charge in [-0.1, -0.05) is 60.7 Å². The van der Waals surface area contributed by atoms with E-state index in [0.29, 0.717) is 30.1 Å². The van der Waals surface area contributed by atoms with Gasteiger partial charge in [0, 0.05) is 18.0 Å². The van der Waals surface area contributed by atoms with E-state index in [-0.39, 0.29) is 41.2 Å². The molecule has 2 rings (SSSR count). The molecule has 1 aliphatic heterocycles. The quantitative estimate of drug-likeness (QED) is 0.497. The molecule has 1 aliphatic rings. The molecule has 2 amide bonds. The average molecular weight is 355 g/mol. The zero-order valence-corrected chi connectivity index (χ0v) is 15.0. The maximum Gasteiger partial charge on any atom is 0.261 e. The standard InChI is InChI=1S/C13H14NO3P.2C2H6.2CH4/c1-9-6-7-12(15)14(9)13(16)11-5-3-2-4-10(11)8-18-17;2*1-2;;/h2-5,9H,6-8H2,1H3;2*1-2H3;2*1H4/t9-;;;;/m1..../s1. The molecular formula is C19H34NO3P. The van der Waals surface area contributed by atoms with E-state index in [1.807, 2.05) is 34.6 Å². The van der Waals surface area contributed by atoms with Crippen molar-refractivity contribution in [3.63, 3.8) is 0 Å². The number of hydrogen-bond acceptors (Lipinski definition) is 3. The number of benzene rings is 1. The highest BCUT2D eigenvalue weighted by Gasteiger charge is 2.33. The molecule has 0 unspecified atom stereocenters. The van der Waals surface area contributed by atoms with Crippen LogP contribution in [0.5, 0.6) is 0 Å². The van der Waals surface area contributed by atoms with E-state index >= 15 is 0 Å². The van der Waals surface area contributed by atoms with E-state index in [1.165, 1.54) is 4.90 Å². The molecule has 1 aromatic rings. The number of rotatable bonds is 3. The van der Waals surface area contributed by atoms with Gasteiger partial charge in [-0.25, -0.2) is 0 Å². The van der Waals surface area contributed by atoms with Gasteiger partial charge in [0.2, 0.25) is 5.91 Å². The van der Waals surface area contributed by atoms with E-state index in [2.05, 4.69) is 0 Å². The van der Waals surface area contributed by atoms with Crippen LogP contribution in [0, 0.1) is 0 Å². The number of imide groups is 1. The lowest BCUT2D eigenvalue weighted by Gasteiger charge is -2.20. The predicted octanol–water partition coefficient (Wildman–Crippen LogP) is 5.95. The summed E-state index contributed by atoms with van der Waals surface area (Å²) in [7, 11) is -0.0292. The molecule has 0 N–H and O–H groups in total. The monoisotopic (exact) mass is 355 g/mol. The van der Waals surface area contributed by atoms with Gasteiger partial charge in [-0.05, 0) is 25.0 Å². The number of nitrogens with zero attached hydrogens (tertiary/aromatic N) is 1. The fourth-order valence-electron chi connectivity index (χ4n) is 2.21. The zero-order valence-electron chi connectivity index (χ0n) is 14.1. The fraction of sp³-hybridized carbons (Fsp3) is 0.579. The summed E-state index contributed by atoms with van der Waals surface area (Å²) in [6.45, 7) is 9.87. The molecule has 1 saturated heterocycles. The lowest BCUT2D eigenvalue weighted by Crippen LogP contribution is -2.37. The molecule has 1 heterocycles. The maximum atomic E-state index is 12.4. The van der Waals surface area contributed by atoms with Crippen LogP contribution in [0.4, 0.5) is 0 Å². The topological polar surface area (TPSA) is 54.5 Å². The number of likely N-dealkylation sites (tertiary alicyclic amines) is 1. The minimum Gasteiger partial charge on any atom is -0.276 e. The van der Waals surface area contributed by atoms with Crippen LogP contribution in [0.15, 0.2) is 24.3 Å². The molecule has 4 nitrogen and oxygen atoms in total. The first kappa shape index (κ1) is 27.3. The Balaban J connectivity index is -0.000000684. The van der Waals surface area contributed by atoms with Gasteiger partial charge in [0.15, 0.2) is 8.46 Å². The summed E-state index contributed by atoms with van der Waals surface area (Å²) in [6.07, 6.45) is 1.43. The van der Waals surface area contributed by atoms with E-state index in [0.717, 1.165) is 0 Å². The molecule has 0 bridgehead atoms. The highest BCUT2D eigenvalue weighted by molar-refractivity contribution is 7.22. The predicted molar refractivity (Wildman–Crippen MR) is 104 cm³/mol. The van der Waals surface area contributed by atoms with Gasteiger partial charge in [-0.3, -0.25) is 19.1 Å². The lowest BCUT2D eigenvalue weighted by atomic mass is 10.1. The van der Waals surface area contributed by atoms with Crippen LogP contribution in [-0.2, 0) is 15.5 Å². The highest BCUT2D eigenvalue weighted by atomic mass is 31.1. The molecule has 24 heavy (non-hydrogen) atoms. The van der Waals surface area contributed by atoms with Gasteiger partial charge < -0.3 is 0 Å². The third-order valence-corrected chi connectivity index (χ3v) is 3.66. The SMILES string of the molecule is C.C.CC.CC.C[C@@H]1CCC(=O)N1C(=O)c1ccccc1CP=O. The van der Waals surface area contributed by atoms with Crippen molar-refractivity contribution in [3.8, 4) is 0 Å². The summed E-state index contributed by atoms with van der Waals surface area (Å²) in [6, 6.07) is 6.95. The summed E-state index contributed by atoms with van der Waals surface area (Å²) in [5.41, 5.74) is 1.19. The van der Waals surface area contributed by atoms with Crippen LogP contribution in [0.2, 0.25) is 0 Å². The second kappa shape index (κ2) is 15.0. The lowest BCUT2D eigenvalue weighted by molar-refractivity contribution is -0.126. The Morgan fingerprint density at radius 3 is 2.17 bits per heavy atom. The number of hydrogen-bond donors (Lipinski definition) is 0. The van der Waals surface area contributed by atoms with Crippen molar-refractivity contribution in [1.29, 1.82) is 0 Å². The Kier molecular flexibility index (Phi) is 17.1. The number of carbonyl (C=O) groups is 2. The number of amides is 2. The van der Waals surface area contributed by atoms with Gasteiger partial charge in [0.25, 0.3) is 5.91 Å². The second-order valence-corrected chi connectivity index (χ2v) is 4.98. The Hall–Kier alpha value is -1.54. The van der Waals surface area contributed by atoms with E-state index in [1.54, 1.807) is 24.3 Å². The summed E-state index contributed by atoms with van der Waals surface area (Å²) < 4.78 is 10.7. The van der Waals surface area contributed by atoms with Crippen molar-refractivity contribution >= 4 is 20.3 Å². The molecule has 5 heteroatoms. The van der Waals surface area contributed by atoms with Crippen molar-refractivity contribution in [2.24, 2.45) is 0 Å². The van der Waals surface area contributed by atoms with Gasteiger partial charge in [-0.2, -0.15) is 0 Å². The molecule has 138 valence electrons. The van der Waals surface area contributed by atoms with Crippen molar-refractivity contribution in [1.82, 2.24) is 4.90 Å². The van der Waals surface area contributed by atoms with Crippen LogP contribution in [0.1, 0.15) is 78.2 Å². The highest BCUT2D eigenvalue weighted by Crippen LogP contribution is 2.23. The van der Waals surface area contributed by atoms with Crippen molar-refractivity contribution in [3.05, 3.63) is 35.4 Å². The van der Waals surface area contributed by atoms with Gasteiger partial charge in [-0.15, -0.1) is 0 Å². The third-order valence-electron chi connectivity index (χ3n) is 3.19. The fourth-order valence-corrected chi connectivity index (χ4v) is 2.62. The van der Waals surface area contributed by atoms with Crippen LogP contribution in [0.3, 0.4) is 0 Å². The van der Waals surface area contributed by atoms with Crippen molar-refractivity contribution < 1.29 is 14.2 Å². The summed E-state index contributed by atoms with van der Waals surface area (Å²) in [5.74, 6) is -0.397. The van der Waals surface area contributed by atoms with E-state index in [9.17, 15) is 14.2 Å². The smallest absolute Gasteiger partial charge is 0.261 e. The Morgan fingerprint density at radius 1 is 1.17 bits per heavy atom. The maximum absolute atomic E-state index is 12.4. The molecule has 1 fully saturated rings. The third kappa shape index (κ3) is 6.92. The Morgan fingerprint density at radius 2 is 1.71 bits per heavy atom. The molecule has 1 aromatic carbocycles. The van der Waals surface area contributed by atoms with Crippen molar-refractivity contribution in [2.45, 2.75) is 74.5 Å². The van der Waals surface area contributed by atoms with Crippen LogP contribution in [0.25, 0.3) is 0 Å². The first-order chi connectivity index (χ1) is 10.6. The van der Waals surface area contributed by atoms with E-state index < -0.39 is 0 Å². The summed E-state index contributed by atoms with van der Waals surface area (Å²) in [4.78, 5) is 25.4. The molecule has 0 spiro atoms. The normalized spacial score (nSPS) is 15.1. The summed E-state index contributed by atoms with van der Waals surface area (Å²) >= 11 is 0. The zero-order chi connectivity index (χ0) is 17.1. The molecule has 1 atom stereocenters. The second-order valence-electron chi connectivity index (χ2n) is 4.40. The van der Waals surface area contributed by atoms with Gasteiger partial charge >= 0.3 is 0 Å². The van der Waals surface area contributed by atoms with Crippen LogP contribution in [-0.4, -0.2) is 22.8 Å². The Bertz CT molecular complexity index is 503. The molecule has 0 radical (unpaired) electrons. The van der Waals surface area contributed by atoms with Crippen molar-refractivity contribution in [2.75, 3.05) is 0 Å². The molecule has 0 aliphatic carbocycles. The summed E-state index contributed by atoms with van der Waals surface area (Å²) in [5, 5.41) is 0. The van der Waals surface area contributed by atoms with Crippen LogP contribution >= 0.6 is 8.46 Å². The average Bonchev–Trinajstić information content (AvgIpc) is 2.90. The van der Waals surface area contributed by atoms with Crippen LogP contribution < -0.4 is 0 Å². The first-order valence-electron chi connectivity index (χ1n) is 7.88.